The van der Waals surface area contributed by atoms with Crippen molar-refractivity contribution in [1.82, 2.24) is 19.6 Å². The molecule has 4 rings (SSSR count). The third kappa shape index (κ3) is 3.39. The molecule has 0 radical (unpaired) electrons. The number of halogens is 1. The van der Waals surface area contributed by atoms with Crippen molar-refractivity contribution in [2.75, 3.05) is 11.9 Å². The first kappa shape index (κ1) is 18.3. The van der Waals surface area contributed by atoms with Crippen LogP contribution in [0.5, 0.6) is 0 Å². The lowest BCUT2D eigenvalue weighted by Gasteiger charge is -2.20. The maximum atomic E-state index is 6.21. The van der Waals surface area contributed by atoms with Crippen LogP contribution >= 0.6 is 11.6 Å². The largest absolute Gasteiger partial charge is 0.329 e. The molecule has 28 heavy (non-hydrogen) atoms. The van der Waals surface area contributed by atoms with Gasteiger partial charge in [0.2, 0.25) is 5.28 Å². The summed E-state index contributed by atoms with van der Waals surface area (Å²) in [5, 5.41) is 9.32. The fourth-order valence-electron chi connectivity index (χ4n) is 2.98. The standard InChI is InChI=1S/C22H20ClN5/c1-22(2,3)13-12-15-8-7-9-16(14-15)27(4)19-17-10-5-6-11-18(17)28-20(23)25-26-21(28)24-19/h5-11,14H,1-4H3. The number of hydrogen-bond acceptors (Lipinski definition) is 4. The van der Waals surface area contributed by atoms with E-state index < -0.39 is 0 Å². The van der Waals surface area contributed by atoms with E-state index in [0.29, 0.717) is 11.1 Å². The van der Waals surface area contributed by atoms with Gasteiger partial charge in [-0.1, -0.05) is 30.0 Å². The topological polar surface area (TPSA) is 46.3 Å². The fraction of sp³-hybridized carbons (Fsp3) is 0.227. The van der Waals surface area contributed by atoms with E-state index in [-0.39, 0.29) is 5.41 Å². The number of rotatable bonds is 2. The van der Waals surface area contributed by atoms with Crippen LogP contribution in [0, 0.1) is 17.3 Å². The summed E-state index contributed by atoms with van der Waals surface area (Å²) < 4.78 is 1.75. The van der Waals surface area contributed by atoms with Crippen molar-refractivity contribution in [3.05, 3.63) is 59.4 Å². The summed E-state index contributed by atoms with van der Waals surface area (Å²) in [5.74, 6) is 7.79. The van der Waals surface area contributed by atoms with E-state index in [1.807, 2.05) is 54.4 Å². The Morgan fingerprint density at radius 1 is 1.04 bits per heavy atom. The van der Waals surface area contributed by atoms with E-state index in [9.17, 15) is 0 Å². The Hall–Kier alpha value is -3.10. The Balaban J connectivity index is 1.85. The maximum Gasteiger partial charge on any atom is 0.258 e. The summed E-state index contributed by atoms with van der Waals surface area (Å²) in [5.41, 5.74) is 2.83. The number of aromatic nitrogens is 4. The lowest BCUT2D eigenvalue weighted by atomic mass is 9.97. The zero-order chi connectivity index (χ0) is 19.9. The molecular weight excluding hydrogens is 370 g/mol. The van der Waals surface area contributed by atoms with Gasteiger partial charge in [0.1, 0.15) is 5.82 Å². The molecule has 0 aliphatic heterocycles. The van der Waals surface area contributed by atoms with Gasteiger partial charge in [-0.2, -0.15) is 4.98 Å². The van der Waals surface area contributed by atoms with Crippen LogP contribution in [-0.2, 0) is 0 Å². The van der Waals surface area contributed by atoms with Gasteiger partial charge in [0.25, 0.3) is 5.78 Å². The smallest absolute Gasteiger partial charge is 0.258 e. The van der Waals surface area contributed by atoms with Crippen LogP contribution in [0.15, 0.2) is 48.5 Å². The van der Waals surface area contributed by atoms with Gasteiger partial charge < -0.3 is 4.90 Å². The van der Waals surface area contributed by atoms with Gasteiger partial charge in [-0.05, 0) is 62.7 Å². The molecule has 2 heterocycles. The van der Waals surface area contributed by atoms with Crippen molar-refractivity contribution in [1.29, 1.82) is 0 Å². The Morgan fingerprint density at radius 3 is 2.61 bits per heavy atom. The molecule has 0 bridgehead atoms. The summed E-state index contributed by atoms with van der Waals surface area (Å²) in [6, 6.07) is 16.1. The lowest BCUT2D eigenvalue weighted by molar-refractivity contribution is 0.571. The zero-order valence-electron chi connectivity index (χ0n) is 16.2. The van der Waals surface area contributed by atoms with Crippen molar-refractivity contribution in [3.8, 4) is 11.8 Å². The van der Waals surface area contributed by atoms with E-state index in [1.165, 1.54) is 0 Å². The van der Waals surface area contributed by atoms with Crippen molar-refractivity contribution < 1.29 is 0 Å². The zero-order valence-corrected chi connectivity index (χ0v) is 17.0. The second-order valence-corrected chi connectivity index (χ2v) is 8.00. The number of fused-ring (bicyclic) bond motifs is 3. The molecule has 140 valence electrons. The van der Waals surface area contributed by atoms with Crippen molar-refractivity contribution in [3.63, 3.8) is 0 Å². The first-order chi connectivity index (χ1) is 13.3. The lowest BCUT2D eigenvalue weighted by Crippen LogP contribution is -2.13. The van der Waals surface area contributed by atoms with Crippen molar-refractivity contribution in [2.24, 2.45) is 5.41 Å². The summed E-state index contributed by atoms with van der Waals surface area (Å²) >= 11 is 6.21. The molecule has 2 aromatic heterocycles. The molecule has 2 aromatic carbocycles. The molecule has 5 nitrogen and oxygen atoms in total. The molecule has 0 saturated heterocycles. The second-order valence-electron chi connectivity index (χ2n) is 7.67. The Kier molecular flexibility index (Phi) is 4.44. The molecule has 0 amide bonds. The second kappa shape index (κ2) is 6.81. The minimum atomic E-state index is -0.0440. The molecule has 0 spiro atoms. The fourth-order valence-corrected chi connectivity index (χ4v) is 3.18. The summed E-state index contributed by atoms with van der Waals surface area (Å²) in [6.45, 7) is 6.31. The molecule has 0 N–H and O–H groups in total. The number of anilines is 2. The highest BCUT2D eigenvalue weighted by atomic mass is 35.5. The average molecular weight is 390 g/mol. The van der Waals surface area contributed by atoms with Gasteiger partial charge in [0.05, 0.1) is 5.52 Å². The quantitative estimate of drug-likeness (QED) is 0.447. The Labute approximate surface area is 169 Å². The molecule has 0 fully saturated rings. The third-order valence-electron chi connectivity index (χ3n) is 4.33. The van der Waals surface area contributed by atoms with Gasteiger partial charge in [-0.25, -0.2) is 4.40 Å². The Morgan fingerprint density at radius 2 is 1.82 bits per heavy atom. The molecule has 0 atom stereocenters. The van der Waals surface area contributed by atoms with Crippen molar-refractivity contribution in [2.45, 2.75) is 20.8 Å². The molecule has 0 saturated carbocycles. The van der Waals surface area contributed by atoms with E-state index in [4.69, 9.17) is 16.6 Å². The van der Waals surface area contributed by atoms with Crippen molar-refractivity contribution >= 4 is 39.8 Å². The molecular formula is C22H20ClN5. The highest BCUT2D eigenvalue weighted by molar-refractivity contribution is 6.29. The van der Waals surface area contributed by atoms with Crippen LogP contribution in [0.4, 0.5) is 11.5 Å². The van der Waals surface area contributed by atoms with E-state index in [2.05, 4.69) is 48.9 Å². The summed E-state index contributed by atoms with van der Waals surface area (Å²) in [6.07, 6.45) is 0. The normalized spacial score (nSPS) is 11.5. The van der Waals surface area contributed by atoms with Crippen LogP contribution < -0.4 is 4.90 Å². The highest BCUT2D eigenvalue weighted by Gasteiger charge is 2.16. The van der Waals surface area contributed by atoms with E-state index >= 15 is 0 Å². The number of benzene rings is 2. The highest BCUT2D eigenvalue weighted by Crippen LogP contribution is 2.31. The SMILES string of the molecule is CN(c1cccc(C#CC(C)(C)C)c1)c1nc2nnc(Cl)n2c2ccccc12. The van der Waals surface area contributed by atoms with E-state index in [1.54, 1.807) is 4.40 Å². The maximum absolute atomic E-state index is 6.21. The monoisotopic (exact) mass is 389 g/mol. The predicted molar refractivity (Wildman–Crippen MR) is 114 cm³/mol. The number of para-hydroxylation sites is 1. The molecule has 0 aliphatic rings. The summed E-state index contributed by atoms with van der Waals surface area (Å²) in [4.78, 5) is 6.75. The van der Waals surface area contributed by atoms with Gasteiger partial charge in [0.15, 0.2) is 0 Å². The number of hydrogen-bond donors (Lipinski definition) is 0. The minimum Gasteiger partial charge on any atom is -0.329 e. The Bertz CT molecular complexity index is 1240. The van der Waals surface area contributed by atoms with Gasteiger partial charge >= 0.3 is 0 Å². The van der Waals surface area contributed by atoms with E-state index in [0.717, 1.165) is 28.0 Å². The molecule has 4 aromatic rings. The number of nitrogens with zero attached hydrogens (tertiary/aromatic N) is 5. The van der Waals surface area contributed by atoms with Gasteiger partial charge in [-0.3, -0.25) is 0 Å². The first-order valence-electron chi connectivity index (χ1n) is 9.00. The van der Waals surface area contributed by atoms with Crippen LogP contribution in [0.25, 0.3) is 16.7 Å². The van der Waals surface area contributed by atoms with Gasteiger partial charge in [0, 0.05) is 29.1 Å². The first-order valence-corrected chi connectivity index (χ1v) is 9.38. The average Bonchev–Trinajstić information content (AvgIpc) is 3.06. The molecule has 6 heteroatoms. The third-order valence-corrected chi connectivity index (χ3v) is 4.58. The minimum absolute atomic E-state index is 0.0440. The summed E-state index contributed by atoms with van der Waals surface area (Å²) in [7, 11) is 1.99. The van der Waals surface area contributed by atoms with Gasteiger partial charge in [-0.15, -0.1) is 10.2 Å². The van der Waals surface area contributed by atoms with Crippen LogP contribution in [0.1, 0.15) is 26.3 Å². The van der Waals surface area contributed by atoms with Crippen LogP contribution in [0.2, 0.25) is 5.28 Å². The van der Waals surface area contributed by atoms with Crippen LogP contribution in [-0.4, -0.2) is 26.6 Å². The predicted octanol–water partition coefficient (Wildman–Crippen LogP) is 5.10. The molecule has 0 unspecified atom stereocenters. The molecule has 0 aliphatic carbocycles. The van der Waals surface area contributed by atoms with Crippen LogP contribution in [0.3, 0.4) is 0 Å².